The van der Waals surface area contributed by atoms with Crippen LogP contribution in [0.15, 0.2) is 77.6 Å². The maximum Gasteiger partial charge on any atom is 0.250 e. The molecule has 8 heteroatoms. The van der Waals surface area contributed by atoms with Gasteiger partial charge in [0.25, 0.3) is 0 Å². The molecule has 0 bridgehead atoms. The van der Waals surface area contributed by atoms with E-state index in [0.29, 0.717) is 25.9 Å². The third-order valence-electron chi connectivity index (χ3n) is 9.25. The van der Waals surface area contributed by atoms with Gasteiger partial charge in [0.1, 0.15) is 11.5 Å². The summed E-state index contributed by atoms with van der Waals surface area (Å²) >= 11 is 0. The van der Waals surface area contributed by atoms with Gasteiger partial charge in [-0.15, -0.1) is 0 Å². The summed E-state index contributed by atoms with van der Waals surface area (Å²) in [4.78, 5) is 20.5. The van der Waals surface area contributed by atoms with Gasteiger partial charge in [-0.25, -0.2) is 0 Å². The minimum Gasteiger partial charge on any atom is -0.456 e. The van der Waals surface area contributed by atoms with Gasteiger partial charge in [0.05, 0.1) is 25.5 Å². The van der Waals surface area contributed by atoms with Gasteiger partial charge in [-0.05, 0) is 66.3 Å². The minimum absolute atomic E-state index is 0.114. The molecule has 0 amide bonds. The Morgan fingerprint density at radius 3 is 2.51 bits per heavy atom. The highest BCUT2D eigenvalue weighted by molar-refractivity contribution is 5.74. The topological polar surface area (TPSA) is 79.1 Å². The second kappa shape index (κ2) is 13.5. The molecule has 2 saturated heterocycles. The summed E-state index contributed by atoms with van der Waals surface area (Å²) in [5, 5.41) is 3.80. The number of fused-ring (bicyclic) bond motifs is 2. The highest BCUT2D eigenvalue weighted by Crippen LogP contribution is 2.43. The van der Waals surface area contributed by atoms with E-state index in [1.807, 2.05) is 6.07 Å². The quantitative estimate of drug-likeness (QED) is 0.218. The number of pyridine rings is 1. The van der Waals surface area contributed by atoms with Crippen molar-refractivity contribution in [3.8, 4) is 22.8 Å². The number of nitrogens with one attached hydrogen (secondary N) is 2. The standard InChI is InChI=1S/C37H42N4O4/c1-43-25-27-7-5-26(6-8-27)11-14-40-15-12-30(13-16-40)38-31-9-10-35-29(22-31)21-28-3-2-4-33(37(28)45-35)34-23-32(24-36(42)39-34)41-17-19-44-20-18-41/h2-10,22-24,30,38H,11-21,25H2,1H3,(H,39,42). The van der Waals surface area contributed by atoms with E-state index >= 15 is 0 Å². The molecular formula is C37H42N4O4. The molecule has 1 aromatic heterocycles. The fraction of sp³-hybridized carbons (Fsp3) is 0.378. The van der Waals surface area contributed by atoms with Gasteiger partial charge >= 0.3 is 0 Å². The molecule has 0 aliphatic carbocycles. The molecular weight excluding hydrogens is 564 g/mol. The fourth-order valence-corrected chi connectivity index (χ4v) is 6.75. The molecule has 7 rings (SSSR count). The molecule has 2 N–H and O–H groups in total. The Kier molecular flexibility index (Phi) is 8.87. The number of rotatable bonds is 9. The Labute approximate surface area is 264 Å². The van der Waals surface area contributed by atoms with Crippen molar-refractivity contribution in [3.05, 3.63) is 105 Å². The van der Waals surface area contributed by atoms with Crippen molar-refractivity contribution >= 4 is 11.4 Å². The minimum atomic E-state index is -0.114. The summed E-state index contributed by atoms with van der Waals surface area (Å²) in [6, 6.07) is 25.6. The monoisotopic (exact) mass is 606 g/mol. The van der Waals surface area contributed by atoms with E-state index < -0.39 is 0 Å². The molecule has 0 unspecified atom stereocenters. The predicted octanol–water partition coefficient (Wildman–Crippen LogP) is 5.84. The number of para-hydroxylation sites is 1. The smallest absolute Gasteiger partial charge is 0.250 e. The molecule has 4 aromatic rings. The van der Waals surface area contributed by atoms with Crippen molar-refractivity contribution in [1.29, 1.82) is 0 Å². The molecule has 234 valence electrons. The van der Waals surface area contributed by atoms with Crippen LogP contribution in [0, 0.1) is 0 Å². The Balaban J connectivity index is 0.973. The van der Waals surface area contributed by atoms with Crippen molar-refractivity contribution in [2.75, 3.05) is 63.3 Å². The number of aromatic amines is 1. The van der Waals surface area contributed by atoms with Crippen LogP contribution in [-0.2, 0) is 28.9 Å². The number of anilines is 2. The number of H-pyrrole nitrogens is 1. The molecule has 2 fully saturated rings. The zero-order valence-corrected chi connectivity index (χ0v) is 26.0. The average Bonchev–Trinajstić information content (AvgIpc) is 3.07. The van der Waals surface area contributed by atoms with Gasteiger partial charge in [-0.3, -0.25) is 4.79 Å². The zero-order valence-electron chi connectivity index (χ0n) is 26.0. The maximum atomic E-state index is 12.7. The Bertz CT molecular complexity index is 1670. The molecule has 0 atom stereocenters. The van der Waals surface area contributed by atoms with Crippen LogP contribution in [0.1, 0.15) is 35.1 Å². The summed E-state index contributed by atoms with van der Waals surface area (Å²) in [6.45, 7) is 6.88. The second-order valence-corrected chi connectivity index (χ2v) is 12.4. The lowest BCUT2D eigenvalue weighted by Crippen LogP contribution is -2.40. The molecule has 3 aromatic carbocycles. The SMILES string of the molecule is COCc1ccc(CCN2CCC(Nc3ccc4c(c3)Cc3cccc(-c5cc(N6CCOCC6)cc(=O)[nH]5)c3O4)CC2)cc1. The summed E-state index contributed by atoms with van der Waals surface area (Å²) in [6.07, 6.45) is 4.13. The lowest BCUT2D eigenvalue weighted by Gasteiger charge is -2.33. The first-order valence-corrected chi connectivity index (χ1v) is 16.2. The largest absolute Gasteiger partial charge is 0.456 e. The first kappa shape index (κ1) is 29.6. The summed E-state index contributed by atoms with van der Waals surface area (Å²) < 4.78 is 17.3. The molecule has 8 nitrogen and oxygen atoms in total. The van der Waals surface area contributed by atoms with Gasteiger partial charge in [-0.2, -0.15) is 0 Å². The Morgan fingerprint density at radius 1 is 0.911 bits per heavy atom. The van der Waals surface area contributed by atoms with E-state index in [2.05, 4.69) is 80.8 Å². The van der Waals surface area contributed by atoms with Crippen molar-refractivity contribution in [3.63, 3.8) is 0 Å². The molecule has 0 spiro atoms. The number of morpholine rings is 1. The molecule has 3 aliphatic heterocycles. The van der Waals surface area contributed by atoms with E-state index in [1.54, 1.807) is 13.2 Å². The van der Waals surface area contributed by atoms with Crippen molar-refractivity contribution < 1.29 is 14.2 Å². The van der Waals surface area contributed by atoms with Crippen LogP contribution < -0.4 is 20.5 Å². The number of hydrogen-bond acceptors (Lipinski definition) is 7. The number of methoxy groups -OCH3 is 1. The highest BCUT2D eigenvalue weighted by Gasteiger charge is 2.24. The lowest BCUT2D eigenvalue weighted by molar-refractivity contribution is 0.122. The Hall–Kier alpha value is -4.11. The number of piperidine rings is 1. The van der Waals surface area contributed by atoms with E-state index in [1.165, 1.54) is 16.7 Å². The highest BCUT2D eigenvalue weighted by atomic mass is 16.5. The molecule has 4 heterocycles. The van der Waals surface area contributed by atoms with E-state index in [4.69, 9.17) is 14.2 Å². The second-order valence-electron chi connectivity index (χ2n) is 12.4. The van der Waals surface area contributed by atoms with Crippen LogP contribution in [0.5, 0.6) is 11.5 Å². The van der Waals surface area contributed by atoms with Gasteiger partial charge < -0.3 is 34.3 Å². The zero-order chi connectivity index (χ0) is 30.6. The van der Waals surface area contributed by atoms with E-state index in [9.17, 15) is 4.79 Å². The van der Waals surface area contributed by atoms with Gasteiger partial charge in [0, 0.05) is 80.9 Å². The first-order valence-electron chi connectivity index (χ1n) is 16.2. The van der Waals surface area contributed by atoms with Crippen LogP contribution in [0.25, 0.3) is 11.3 Å². The third-order valence-corrected chi connectivity index (χ3v) is 9.25. The molecule has 3 aliphatic rings. The van der Waals surface area contributed by atoms with E-state index in [-0.39, 0.29) is 5.56 Å². The van der Waals surface area contributed by atoms with E-state index in [0.717, 1.165) is 98.1 Å². The van der Waals surface area contributed by atoms with Gasteiger partial charge in [0.15, 0.2) is 0 Å². The lowest BCUT2D eigenvalue weighted by atomic mass is 9.95. The van der Waals surface area contributed by atoms with Crippen molar-refractivity contribution in [1.82, 2.24) is 9.88 Å². The summed E-state index contributed by atoms with van der Waals surface area (Å²) in [5.41, 5.74) is 8.53. The number of benzene rings is 3. The van der Waals surface area contributed by atoms with Crippen LogP contribution in [-0.4, -0.2) is 69.0 Å². The van der Waals surface area contributed by atoms with Crippen LogP contribution in [0.4, 0.5) is 11.4 Å². The average molecular weight is 607 g/mol. The van der Waals surface area contributed by atoms with Crippen LogP contribution in [0.2, 0.25) is 0 Å². The number of likely N-dealkylation sites (tertiary alicyclic amines) is 1. The number of hydrogen-bond donors (Lipinski definition) is 2. The number of nitrogens with zero attached hydrogens (tertiary/aromatic N) is 2. The third kappa shape index (κ3) is 6.93. The first-order chi connectivity index (χ1) is 22.1. The van der Waals surface area contributed by atoms with Gasteiger partial charge in [0.2, 0.25) is 5.56 Å². The van der Waals surface area contributed by atoms with Crippen LogP contribution in [0.3, 0.4) is 0 Å². The number of aromatic nitrogens is 1. The normalized spacial score (nSPS) is 17.0. The predicted molar refractivity (Wildman–Crippen MR) is 179 cm³/mol. The maximum absolute atomic E-state index is 12.7. The van der Waals surface area contributed by atoms with Gasteiger partial charge in [-0.1, -0.05) is 36.4 Å². The summed E-state index contributed by atoms with van der Waals surface area (Å²) in [5.74, 6) is 1.69. The molecule has 0 saturated carbocycles. The Morgan fingerprint density at radius 2 is 1.71 bits per heavy atom. The summed E-state index contributed by atoms with van der Waals surface area (Å²) in [7, 11) is 1.74. The van der Waals surface area contributed by atoms with Crippen molar-refractivity contribution in [2.45, 2.75) is 38.3 Å². The number of ether oxygens (including phenoxy) is 3. The molecule has 45 heavy (non-hydrogen) atoms. The van der Waals surface area contributed by atoms with Crippen molar-refractivity contribution in [2.24, 2.45) is 0 Å². The fourth-order valence-electron chi connectivity index (χ4n) is 6.75. The molecule has 0 radical (unpaired) electrons. The van der Waals surface area contributed by atoms with Crippen LogP contribution >= 0.6 is 0 Å².